The highest BCUT2D eigenvalue weighted by Gasteiger charge is 2.06. The first-order chi connectivity index (χ1) is 6.63. The summed E-state index contributed by atoms with van der Waals surface area (Å²) < 4.78 is 0. The number of rotatable bonds is 4. The summed E-state index contributed by atoms with van der Waals surface area (Å²) in [6, 6.07) is 8.39. The second kappa shape index (κ2) is 5.01. The number of hydrogen-bond donors (Lipinski definition) is 1. The molecule has 0 spiro atoms. The first kappa shape index (κ1) is 11.1. The topological polar surface area (TPSA) is 23.5 Å². The lowest BCUT2D eigenvalue weighted by molar-refractivity contribution is 0.200. The minimum Gasteiger partial charge on any atom is -0.392 e. The van der Waals surface area contributed by atoms with Crippen molar-refractivity contribution in [3.05, 3.63) is 29.8 Å². The van der Waals surface area contributed by atoms with Gasteiger partial charge in [-0.25, -0.2) is 0 Å². The van der Waals surface area contributed by atoms with Crippen LogP contribution in [0.5, 0.6) is 0 Å². The van der Waals surface area contributed by atoms with Gasteiger partial charge in [-0.3, -0.25) is 0 Å². The molecule has 0 saturated carbocycles. The second-order valence-electron chi connectivity index (χ2n) is 3.72. The van der Waals surface area contributed by atoms with Crippen molar-refractivity contribution in [1.82, 2.24) is 0 Å². The van der Waals surface area contributed by atoms with Crippen molar-refractivity contribution in [2.45, 2.75) is 26.9 Å². The third kappa shape index (κ3) is 3.04. The van der Waals surface area contributed by atoms with Crippen LogP contribution in [0.3, 0.4) is 0 Å². The Kier molecular flexibility index (Phi) is 3.96. The molecule has 1 aromatic carbocycles. The first-order valence-corrected chi connectivity index (χ1v) is 5.13. The van der Waals surface area contributed by atoms with Crippen LogP contribution in [0.15, 0.2) is 24.3 Å². The Morgan fingerprint density at radius 3 is 2.29 bits per heavy atom. The summed E-state index contributed by atoms with van der Waals surface area (Å²) in [6.45, 7) is 7.61. The van der Waals surface area contributed by atoms with Crippen molar-refractivity contribution in [3.63, 3.8) is 0 Å². The summed E-state index contributed by atoms with van der Waals surface area (Å²) in [5, 5.41) is 9.33. The van der Waals surface area contributed by atoms with Gasteiger partial charge in [0.1, 0.15) is 0 Å². The molecule has 0 aliphatic carbocycles. The molecule has 2 nitrogen and oxygen atoms in total. The molecule has 0 aliphatic heterocycles. The molecule has 0 saturated heterocycles. The number of benzene rings is 1. The molecule has 0 heterocycles. The van der Waals surface area contributed by atoms with Gasteiger partial charge in [0.25, 0.3) is 0 Å². The van der Waals surface area contributed by atoms with Crippen molar-refractivity contribution in [3.8, 4) is 0 Å². The maximum atomic E-state index is 9.33. The summed E-state index contributed by atoms with van der Waals surface area (Å²) in [4.78, 5) is 2.17. The maximum absolute atomic E-state index is 9.33. The van der Waals surface area contributed by atoms with Crippen LogP contribution in [-0.4, -0.2) is 24.3 Å². The van der Waals surface area contributed by atoms with E-state index >= 15 is 0 Å². The number of hydrogen-bond acceptors (Lipinski definition) is 2. The number of aryl methyl sites for hydroxylation is 1. The molecule has 78 valence electrons. The Morgan fingerprint density at radius 2 is 1.86 bits per heavy atom. The number of nitrogens with zero attached hydrogens (tertiary/aromatic N) is 1. The van der Waals surface area contributed by atoms with Crippen molar-refractivity contribution in [2.75, 3.05) is 18.0 Å². The SMILES string of the molecule is CCN(C[C@H](C)O)c1ccc(C)cc1. The smallest absolute Gasteiger partial charge is 0.0687 e. The van der Waals surface area contributed by atoms with Crippen LogP contribution in [0.4, 0.5) is 5.69 Å². The average molecular weight is 193 g/mol. The van der Waals surface area contributed by atoms with Gasteiger partial charge in [0, 0.05) is 18.8 Å². The Bertz CT molecular complexity index is 266. The fourth-order valence-electron chi connectivity index (χ4n) is 1.49. The highest BCUT2D eigenvalue weighted by Crippen LogP contribution is 2.14. The van der Waals surface area contributed by atoms with Crippen LogP contribution in [0.25, 0.3) is 0 Å². The molecule has 2 heteroatoms. The number of aliphatic hydroxyl groups is 1. The van der Waals surface area contributed by atoms with E-state index in [1.165, 1.54) is 11.3 Å². The van der Waals surface area contributed by atoms with Crippen molar-refractivity contribution < 1.29 is 5.11 Å². The first-order valence-electron chi connectivity index (χ1n) is 5.13. The predicted molar refractivity (Wildman–Crippen MR) is 60.7 cm³/mol. The van der Waals surface area contributed by atoms with E-state index in [2.05, 4.69) is 43.0 Å². The fraction of sp³-hybridized carbons (Fsp3) is 0.500. The Balaban J connectivity index is 2.73. The van der Waals surface area contributed by atoms with E-state index in [0.29, 0.717) is 6.54 Å². The van der Waals surface area contributed by atoms with Gasteiger partial charge in [-0.2, -0.15) is 0 Å². The molecule has 0 unspecified atom stereocenters. The van der Waals surface area contributed by atoms with Gasteiger partial charge in [0.05, 0.1) is 6.10 Å². The number of likely N-dealkylation sites (N-methyl/N-ethyl adjacent to an activating group) is 1. The van der Waals surface area contributed by atoms with Gasteiger partial charge in [0.2, 0.25) is 0 Å². The largest absolute Gasteiger partial charge is 0.392 e. The minimum atomic E-state index is -0.281. The van der Waals surface area contributed by atoms with E-state index in [4.69, 9.17) is 0 Å². The molecule has 1 N–H and O–H groups in total. The van der Waals surface area contributed by atoms with E-state index in [0.717, 1.165) is 6.54 Å². The van der Waals surface area contributed by atoms with Crippen LogP contribution in [0, 0.1) is 6.92 Å². The van der Waals surface area contributed by atoms with Gasteiger partial charge >= 0.3 is 0 Å². The summed E-state index contributed by atoms with van der Waals surface area (Å²) in [5.41, 5.74) is 2.45. The van der Waals surface area contributed by atoms with Crippen LogP contribution in [0.1, 0.15) is 19.4 Å². The molecule has 1 atom stereocenters. The van der Waals surface area contributed by atoms with E-state index in [1.54, 1.807) is 0 Å². The zero-order valence-corrected chi connectivity index (χ0v) is 9.20. The molecule has 0 bridgehead atoms. The van der Waals surface area contributed by atoms with Crippen LogP contribution < -0.4 is 4.90 Å². The Hall–Kier alpha value is -1.02. The molecule has 14 heavy (non-hydrogen) atoms. The third-order valence-electron chi connectivity index (χ3n) is 2.27. The molecule has 0 fully saturated rings. The van der Waals surface area contributed by atoms with Crippen molar-refractivity contribution >= 4 is 5.69 Å². The maximum Gasteiger partial charge on any atom is 0.0687 e. The Labute approximate surface area is 86.2 Å². The Morgan fingerprint density at radius 1 is 1.29 bits per heavy atom. The third-order valence-corrected chi connectivity index (χ3v) is 2.27. The number of aliphatic hydroxyl groups excluding tert-OH is 1. The fourth-order valence-corrected chi connectivity index (χ4v) is 1.49. The molecule has 0 aromatic heterocycles. The normalized spacial score (nSPS) is 12.6. The molecular weight excluding hydrogens is 174 g/mol. The molecule has 1 rings (SSSR count). The van der Waals surface area contributed by atoms with Gasteiger partial charge in [-0.15, -0.1) is 0 Å². The minimum absolute atomic E-state index is 0.281. The summed E-state index contributed by atoms with van der Waals surface area (Å²) in [6.07, 6.45) is -0.281. The second-order valence-corrected chi connectivity index (χ2v) is 3.72. The van der Waals surface area contributed by atoms with Crippen LogP contribution in [-0.2, 0) is 0 Å². The lowest BCUT2D eigenvalue weighted by Gasteiger charge is -2.24. The summed E-state index contributed by atoms with van der Waals surface area (Å²) in [7, 11) is 0. The highest BCUT2D eigenvalue weighted by molar-refractivity contribution is 5.47. The molecule has 1 aromatic rings. The monoisotopic (exact) mass is 193 g/mol. The lowest BCUT2D eigenvalue weighted by Crippen LogP contribution is -2.30. The summed E-state index contributed by atoms with van der Waals surface area (Å²) >= 11 is 0. The van der Waals surface area contributed by atoms with E-state index in [1.807, 2.05) is 6.92 Å². The van der Waals surface area contributed by atoms with Crippen LogP contribution >= 0.6 is 0 Å². The number of anilines is 1. The lowest BCUT2D eigenvalue weighted by atomic mass is 10.2. The van der Waals surface area contributed by atoms with Gasteiger partial charge in [-0.05, 0) is 32.9 Å². The zero-order valence-electron chi connectivity index (χ0n) is 9.20. The molecule has 0 aliphatic rings. The van der Waals surface area contributed by atoms with Crippen LogP contribution in [0.2, 0.25) is 0 Å². The molecule has 0 amide bonds. The van der Waals surface area contributed by atoms with E-state index < -0.39 is 0 Å². The molecule has 0 radical (unpaired) electrons. The van der Waals surface area contributed by atoms with E-state index in [-0.39, 0.29) is 6.10 Å². The standard InChI is InChI=1S/C12H19NO/c1-4-13(9-11(3)14)12-7-5-10(2)6-8-12/h5-8,11,14H,4,9H2,1-3H3/t11-/m0/s1. The predicted octanol–water partition coefficient (Wildman–Crippen LogP) is 2.20. The van der Waals surface area contributed by atoms with Crippen molar-refractivity contribution in [1.29, 1.82) is 0 Å². The van der Waals surface area contributed by atoms with Gasteiger partial charge in [-0.1, -0.05) is 17.7 Å². The zero-order chi connectivity index (χ0) is 10.6. The average Bonchev–Trinajstić information content (AvgIpc) is 2.15. The van der Waals surface area contributed by atoms with Crippen molar-refractivity contribution in [2.24, 2.45) is 0 Å². The van der Waals surface area contributed by atoms with E-state index in [9.17, 15) is 5.11 Å². The highest BCUT2D eigenvalue weighted by atomic mass is 16.3. The quantitative estimate of drug-likeness (QED) is 0.792. The summed E-state index contributed by atoms with van der Waals surface area (Å²) in [5.74, 6) is 0. The molecular formula is C12H19NO. The van der Waals surface area contributed by atoms with Gasteiger partial charge in [0.15, 0.2) is 0 Å². The van der Waals surface area contributed by atoms with Gasteiger partial charge < -0.3 is 10.0 Å².